The van der Waals surface area contributed by atoms with E-state index in [1.165, 1.54) is 0 Å². The molecule has 3 rings (SSSR count). The molecule has 0 spiro atoms. The number of piperazine rings is 1. The number of rotatable bonds is 1. The number of aryl methyl sites for hydroxylation is 1. The van der Waals surface area contributed by atoms with Crippen LogP contribution in [0.25, 0.3) is 11.0 Å². The number of amides is 1. The number of hydrogen-bond donors (Lipinski definition) is 1. The lowest BCUT2D eigenvalue weighted by molar-refractivity contribution is 0.0624. The Bertz CT molecular complexity index is 618. The van der Waals surface area contributed by atoms with E-state index in [2.05, 4.69) is 12.2 Å². The van der Waals surface area contributed by atoms with Crippen LogP contribution in [0.4, 0.5) is 0 Å². The summed E-state index contributed by atoms with van der Waals surface area (Å²) in [6.07, 6.45) is 0. The summed E-state index contributed by atoms with van der Waals surface area (Å²) in [7, 11) is 0. The molecule has 1 amide bonds. The van der Waals surface area contributed by atoms with Crippen LogP contribution < -0.4 is 5.32 Å². The predicted octanol–water partition coefficient (Wildman–Crippen LogP) is 2.18. The zero-order chi connectivity index (χ0) is 13.4. The van der Waals surface area contributed by atoms with Crippen molar-refractivity contribution in [2.24, 2.45) is 0 Å². The van der Waals surface area contributed by atoms with Gasteiger partial charge in [-0.05, 0) is 19.9 Å². The maximum Gasteiger partial charge on any atom is 0.290 e. The lowest BCUT2D eigenvalue weighted by Gasteiger charge is -2.33. The van der Waals surface area contributed by atoms with Crippen LogP contribution in [0.15, 0.2) is 28.7 Å². The van der Waals surface area contributed by atoms with E-state index in [1.54, 1.807) is 0 Å². The van der Waals surface area contributed by atoms with Crippen LogP contribution >= 0.6 is 0 Å². The van der Waals surface area contributed by atoms with Crippen molar-refractivity contribution >= 4 is 16.9 Å². The summed E-state index contributed by atoms with van der Waals surface area (Å²) < 4.78 is 5.75. The average molecular weight is 258 g/mol. The highest BCUT2D eigenvalue weighted by atomic mass is 16.3. The van der Waals surface area contributed by atoms with Crippen molar-refractivity contribution in [2.75, 3.05) is 19.6 Å². The third-order valence-electron chi connectivity index (χ3n) is 3.80. The normalized spacial score (nSPS) is 19.9. The average Bonchev–Trinajstić information content (AvgIpc) is 2.77. The Morgan fingerprint density at radius 1 is 1.42 bits per heavy atom. The summed E-state index contributed by atoms with van der Waals surface area (Å²) in [5.41, 5.74) is 1.72. The fraction of sp³-hybridized carbons (Fsp3) is 0.400. The topological polar surface area (TPSA) is 45.5 Å². The standard InChI is InChI=1S/C15H18N2O2/c1-10-9-16-7-8-17(10)15(18)14-11(2)12-5-3-4-6-13(12)19-14/h3-6,10,16H,7-9H2,1-2H3/t10-/m0/s1. The molecule has 1 aromatic carbocycles. The highest BCUT2D eigenvalue weighted by Gasteiger charge is 2.28. The van der Waals surface area contributed by atoms with Gasteiger partial charge in [0.1, 0.15) is 5.58 Å². The van der Waals surface area contributed by atoms with E-state index in [0.29, 0.717) is 5.76 Å². The Balaban J connectivity index is 1.99. The van der Waals surface area contributed by atoms with Gasteiger partial charge in [-0.25, -0.2) is 0 Å². The van der Waals surface area contributed by atoms with Gasteiger partial charge in [-0.1, -0.05) is 18.2 Å². The second-order valence-corrected chi connectivity index (χ2v) is 5.10. The first kappa shape index (κ1) is 12.2. The highest BCUT2D eigenvalue weighted by molar-refractivity contribution is 5.99. The molecule has 1 fully saturated rings. The van der Waals surface area contributed by atoms with E-state index >= 15 is 0 Å². The van der Waals surface area contributed by atoms with Gasteiger partial charge in [-0.15, -0.1) is 0 Å². The largest absolute Gasteiger partial charge is 0.451 e. The fourth-order valence-electron chi connectivity index (χ4n) is 2.65. The molecule has 1 atom stereocenters. The molecule has 1 aromatic heterocycles. The zero-order valence-corrected chi connectivity index (χ0v) is 11.3. The molecule has 0 unspecified atom stereocenters. The van der Waals surface area contributed by atoms with E-state index in [9.17, 15) is 4.79 Å². The third kappa shape index (κ3) is 2.02. The number of furan rings is 1. The zero-order valence-electron chi connectivity index (χ0n) is 11.3. The first-order valence-electron chi connectivity index (χ1n) is 6.68. The Labute approximate surface area is 112 Å². The molecule has 4 heteroatoms. The van der Waals surface area contributed by atoms with E-state index in [1.807, 2.05) is 36.1 Å². The summed E-state index contributed by atoms with van der Waals surface area (Å²) in [5.74, 6) is 0.484. The quantitative estimate of drug-likeness (QED) is 0.852. The monoisotopic (exact) mass is 258 g/mol. The third-order valence-corrected chi connectivity index (χ3v) is 3.80. The molecule has 4 nitrogen and oxygen atoms in total. The molecule has 0 radical (unpaired) electrons. The molecular formula is C15H18N2O2. The van der Waals surface area contributed by atoms with Crippen molar-refractivity contribution in [1.82, 2.24) is 10.2 Å². The minimum atomic E-state index is 0.00250. The van der Waals surface area contributed by atoms with Crippen LogP contribution in [-0.4, -0.2) is 36.5 Å². The Morgan fingerprint density at radius 3 is 2.95 bits per heavy atom. The molecule has 1 aliphatic rings. The van der Waals surface area contributed by atoms with Gasteiger partial charge in [-0.3, -0.25) is 4.79 Å². The van der Waals surface area contributed by atoms with Crippen molar-refractivity contribution < 1.29 is 9.21 Å². The number of para-hydroxylation sites is 1. The van der Waals surface area contributed by atoms with Crippen LogP contribution in [0.5, 0.6) is 0 Å². The number of benzene rings is 1. The minimum absolute atomic E-state index is 0.00250. The SMILES string of the molecule is Cc1c(C(=O)N2CCNC[C@@H]2C)oc2ccccc12. The van der Waals surface area contributed by atoms with Crippen LogP contribution in [0.3, 0.4) is 0 Å². The van der Waals surface area contributed by atoms with Crippen LogP contribution in [0.2, 0.25) is 0 Å². The summed E-state index contributed by atoms with van der Waals surface area (Å²) in [5, 5.41) is 4.31. The Morgan fingerprint density at radius 2 is 2.21 bits per heavy atom. The van der Waals surface area contributed by atoms with Crippen LogP contribution in [-0.2, 0) is 0 Å². The number of nitrogens with one attached hydrogen (secondary N) is 1. The van der Waals surface area contributed by atoms with Gasteiger partial charge >= 0.3 is 0 Å². The van der Waals surface area contributed by atoms with E-state index in [4.69, 9.17) is 4.42 Å². The molecule has 19 heavy (non-hydrogen) atoms. The number of carbonyl (C=O) groups excluding carboxylic acids is 1. The number of carbonyl (C=O) groups is 1. The lowest BCUT2D eigenvalue weighted by atomic mass is 10.1. The van der Waals surface area contributed by atoms with Gasteiger partial charge in [0, 0.05) is 36.6 Å². The molecule has 1 N–H and O–H groups in total. The summed E-state index contributed by atoms with van der Waals surface area (Å²) >= 11 is 0. The molecule has 1 saturated heterocycles. The van der Waals surface area contributed by atoms with Crippen molar-refractivity contribution in [1.29, 1.82) is 0 Å². The van der Waals surface area contributed by atoms with Gasteiger partial charge in [0.2, 0.25) is 0 Å². The van der Waals surface area contributed by atoms with Gasteiger partial charge in [0.05, 0.1) is 0 Å². The Hall–Kier alpha value is -1.81. The first-order chi connectivity index (χ1) is 9.18. The van der Waals surface area contributed by atoms with Gasteiger partial charge in [0.15, 0.2) is 5.76 Å². The van der Waals surface area contributed by atoms with Gasteiger partial charge in [0.25, 0.3) is 5.91 Å². The van der Waals surface area contributed by atoms with Gasteiger partial charge < -0.3 is 14.6 Å². The van der Waals surface area contributed by atoms with E-state index < -0.39 is 0 Å². The molecular weight excluding hydrogens is 240 g/mol. The van der Waals surface area contributed by atoms with E-state index in [0.717, 1.165) is 36.2 Å². The maximum atomic E-state index is 12.6. The summed E-state index contributed by atoms with van der Waals surface area (Å²) in [6.45, 7) is 6.42. The Kier molecular flexibility index (Phi) is 3.03. The van der Waals surface area contributed by atoms with Crippen molar-refractivity contribution in [2.45, 2.75) is 19.9 Å². The molecule has 1 aliphatic heterocycles. The number of hydrogen-bond acceptors (Lipinski definition) is 3. The number of nitrogens with zero attached hydrogens (tertiary/aromatic N) is 1. The number of fused-ring (bicyclic) bond motifs is 1. The highest BCUT2D eigenvalue weighted by Crippen LogP contribution is 2.26. The minimum Gasteiger partial charge on any atom is -0.451 e. The van der Waals surface area contributed by atoms with Crippen molar-refractivity contribution in [3.8, 4) is 0 Å². The molecule has 2 aromatic rings. The summed E-state index contributed by atoms with van der Waals surface area (Å²) in [4.78, 5) is 14.5. The molecule has 0 bridgehead atoms. The van der Waals surface area contributed by atoms with Gasteiger partial charge in [-0.2, -0.15) is 0 Å². The van der Waals surface area contributed by atoms with Crippen LogP contribution in [0, 0.1) is 6.92 Å². The molecule has 100 valence electrons. The second-order valence-electron chi connectivity index (χ2n) is 5.10. The second kappa shape index (κ2) is 4.70. The fourth-order valence-corrected chi connectivity index (χ4v) is 2.65. The smallest absolute Gasteiger partial charge is 0.290 e. The first-order valence-corrected chi connectivity index (χ1v) is 6.68. The van der Waals surface area contributed by atoms with Crippen LogP contribution in [0.1, 0.15) is 23.0 Å². The molecule has 0 saturated carbocycles. The molecule has 2 heterocycles. The lowest BCUT2D eigenvalue weighted by Crippen LogP contribution is -2.52. The maximum absolute atomic E-state index is 12.6. The van der Waals surface area contributed by atoms with E-state index in [-0.39, 0.29) is 11.9 Å². The van der Waals surface area contributed by atoms with Crippen molar-refractivity contribution in [3.63, 3.8) is 0 Å². The van der Waals surface area contributed by atoms with Crippen molar-refractivity contribution in [3.05, 3.63) is 35.6 Å². The molecule has 0 aliphatic carbocycles. The summed E-state index contributed by atoms with van der Waals surface area (Å²) in [6, 6.07) is 7.99. The predicted molar refractivity (Wildman–Crippen MR) is 74.3 cm³/mol.